The summed E-state index contributed by atoms with van der Waals surface area (Å²) in [6, 6.07) is 17.9. The first kappa shape index (κ1) is 22.8. The second kappa shape index (κ2) is 10.0. The van der Waals surface area contributed by atoms with Gasteiger partial charge in [-0.1, -0.05) is 54.1 Å². The maximum atomic E-state index is 12.9. The average Bonchev–Trinajstić information content (AvgIpc) is 3.26. The Morgan fingerprint density at radius 1 is 1.18 bits per heavy atom. The Labute approximate surface area is 195 Å². The summed E-state index contributed by atoms with van der Waals surface area (Å²) in [7, 11) is 1.70. The van der Waals surface area contributed by atoms with Crippen LogP contribution in [-0.2, 0) is 24.9 Å². The summed E-state index contributed by atoms with van der Waals surface area (Å²) in [5.74, 6) is -0.0471. The van der Waals surface area contributed by atoms with Gasteiger partial charge in [0.05, 0.1) is 12.0 Å². The molecule has 1 atom stereocenters. The molecule has 4 rings (SSSR count). The zero-order valence-corrected chi connectivity index (χ0v) is 18.7. The summed E-state index contributed by atoms with van der Waals surface area (Å²) in [4.78, 5) is 25.6. The topological polar surface area (TPSA) is 93.7 Å². The molecule has 33 heavy (non-hydrogen) atoms. The van der Waals surface area contributed by atoms with Gasteiger partial charge < -0.3 is 24.1 Å². The summed E-state index contributed by atoms with van der Waals surface area (Å²) in [6.07, 6.45) is 0.688. The van der Waals surface area contributed by atoms with E-state index in [0.29, 0.717) is 21.9 Å². The van der Waals surface area contributed by atoms with Crippen LogP contribution < -0.4 is 10.7 Å². The summed E-state index contributed by atoms with van der Waals surface area (Å²) in [5, 5.41) is 13.9. The Kier molecular flexibility index (Phi) is 6.93. The van der Waals surface area contributed by atoms with E-state index in [1.807, 2.05) is 30.3 Å². The Morgan fingerprint density at radius 2 is 1.91 bits per heavy atom. The van der Waals surface area contributed by atoms with E-state index in [9.17, 15) is 14.7 Å². The Bertz CT molecular complexity index is 1310. The lowest BCUT2D eigenvalue weighted by Crippen LogP contribution is -2.29. The average molecular weight is 467 g/mol. The largest absolute Gasteiger partial charge is 0.442 e. The highest BCUT2D eigenvalue weighted by Crippen LogP contribution is 2.19. The molecule has 2 N–H and O–H groups in total. The molecule has 0 fully saturated rings. The van der Waals surface area contributed by atoms with Gasteiger partial charge in [-0.25, -0.2) is 0 Å². The number of fused-ring (bicyclic) bond motifs is 1. The number of aryl methyl sites for hydroxylation is 1. The summed E-state index contributed by atoms with van der Waals surface area (Å²) in [5.41, 5.74) is 1.56. The second-order valence-electron chi connectivity index (χ2n) is 7.67. The van der Waals surface area contributed by atoms with Gasteiger partial charge in [0.25, 0.3) is 5.91 Å². The van der Waals surface area contributed by atoms with Crippen molar-refractivity contribution in [1.82, 2.24) is 9.88 Å². The molecular formula is C25H23ClN2O5. The van der Waals surface area contributed by atoms with Gasteiger partial charge in [-0.2, -0.15) is 0 Å². The number of hydrogen-bond acceptors (Lipinski definition) is 5. The molecule has 0 spiro atoms. The van der Waals surface area contributed by atoms with Gasteiger partial charge in [0.15, 0.2) is 0 Å². The molecule has 2 aromatic carbocycles. The summed E-state index contributed by atoms with van der Waals surface area (Å²) < 4.78 is 12.9. The number of halogens is 1. The number of nitrogens with one attached hydrogen (secondary N) is 1. The predicted octanol–water partition coefficient (Wildman–Crippen LogP) is 3.97. The lowest BCUT2D eigenvalue weighted by atomic mass is 10.1. The monoisotopic (exact) mass is 466 g/mol. The number of furan rings is 1. The first-order valence-corrected chi connectivity index (χ1v) is 10.8. The minimum absolute atomic E-state index is 0.0201. The number of amides is 1. The number of hydrogen-bond donors (Lipinski definition) is 2. The molecule has 170 valence electrons. The van der Waals surface area contributed by atoms with E-state index >= 15 is 0 Å². The maximum absolute atomic E-state index is 12.9. The fourth-order valence-corrected chi connectivity index (χ4v) is 3.59. The number of ether oxygens (including phenoxy) is 1. The Hall–Kier alpha value is -3.39. The molecule has 0 radical (unpaired) electrons. The number of benzene rings is 2. The van der Waals surface area contributed by atoms with E-state index in [1.54, 1.807) is 41.9 Å². The highest BCUT2D eigenvalue weighted by atomic mass is 35.5. The minimum atomic E-state index is -0.766. The molecule has 0 bridgehead atoms. The van der Waals surface area contributed by atoms with Gasteiger partial charge in [-0.15, -0.1) is 0 Å². The van der Waals surface area contributed by atoms with Crippen LogP contribution in [0.15, 0.2) is 76.1 Å². The van der Waals surface area contributed by atoms with Crippen molar-refractivity contribution in [1.29, 1.82) is 0 Å². The SMILES string of the molecule is Cn1cc(C(=O)NCc2ccc(Cl)cc2)c(=O)c2cc(COC[C@H](O)c3ccccc3)oc21. The number of aliphatic hydroxyl groups is 1. The molecule has 0 saturated heterocycles. The second-order valence-corrected chi connectivity index (χ2v) is 8.10. The van der Waals surface area contributed by atoms with Gasteiger partial charge in [0.1, 0.15) is 24.0 Å². The first-order chi connectivity index (χ1) is 15.9. The van der Waals surface area contributed by atoms with E-state index in [4.69, 9.17) is 20.8 Å². The third kappa shape index (κ3) is 5.34. The van der Waals surface area contributed by atoms with E-state index in [0.717, 1.165) is 11.1 Å². The third-order valence-corrected chi connectivity index (χ3v) is 5.46. The lowest BCUT2D eigenvalue weighted by Gasteiger charge is -2.10. The molecule has 1 amide bonds. The van der Waals surface area contributed by atoms with Crippen molar-refractivity contribution in [3.05, 3.63) is 105 Å². The number of rotatable bonds is 8. The number of pyridine rings is 1. The first-order valence-electron chi connectivity index (χ1n) is 10.4. The zero-order chi connectivity index (χ0) is 23.4. The summed E-state index contributed by atoms with van der Waals surface area (Å²) >= 11 is 5.88. The Balaban J connectivity index is 1.44. The molecule has 0 aliphatic rings. The molecule has 7 nitrogen and oxygen atoms in total. The van der Waals surface area contributed by atoms with Crippen LogP contribution in [0.25, 0.3) is 11.1 Å². The minimum Gasteiger partial charge on any atom is -0.442 e. The van der Waals surface area contributed by atoms with Gasteiger partial charge in [-0.3, -0.25) is 9.59 Å². The van der Waals surface area contributed by atoms with Crippen LogP contribution in [-0.4, -0.2) is 22.2 Å². The number of aromatic nitrogens is 1. The van der Waals surface area contributed by atoms with Crippen LogP contribution >= 0.6 is 11.6 Å². The van der Waals surface area contributed by atoms with E-state index in [2.05, 4.69) is 5.32 Å². The van der Waals surface area contributed by atoms with Crippen molar-refractivity contribution in [3.8, 4) is 0 Å². The molecule has 0 unspecified atom stereocenters. The lowest BCUT2D eigenvalue weighted by molar-refractivity contribution is 0.0218. The molecule has 0 saturated carbocycles. The van der Waals surface area contributed by atoms with Crippen LogP contribution in [0, 0.1) is 0 Å². The van der Waals surface area contributed by atoms with Gasteiger partial charge >= 0.3 is 0 Å². The highest BCUT2D eigenvalue weighted by Gasteiger charge is 2.18. The fraction of sp³-hybridized carbons (Fsp3) is 0.200. The zero-order valence-electron chi connectivity index (χ0n) is 18.0. The van der Waals surface area contributed by atoms with E-state index in [1.165, 1.54) is 6.20 Å². The number of aliphatic hydroxyl groups excluding tert-OH is 1. The molecule has 0 aliphatic heterocycles. The highest BCUT2D eigenvalue weighted by molar-refractivity contribution is 6.30. The molecule has 4 aromatic rings. The van der Waals surface area contributed by atoms with Crippen LogP contribution in [0.3, 0.4) is 0 Å². The van der Waals surface area contributed by atoms with Crippen LogP contribution in [0.5, 0.6) is 0 Å². The quantitative estimate of drug-likeness (QED) is 0.410. The van der Waals surface area contributed by atoms with Gasteiger partial charge in [0.2, 0.25) is 11.1 Å². The Morgan fingerprint density at radius 3 is 2.64 bits per heavy atom. The van der Waals surface area contributed by atoms with Crippen molar-refractivity contribution in [3.63, 3.8) is 0 Å². The molecule has 0 aliphatic carbocycles. The van der Waals surface area contributed by atoms with Crippen LogP contribution in [0.4, 0.5) is 0 Å². The normalized spacial score (nSPS) is 12.1. The standard InChI is InChI=1S/C25H23ClN2O5/c1-28-13-21(24(31)27-12-16-7-9-18(26)10-8-16)23(30)20-11-19(33-25(20)28)14-32-15-22(29)17-5-3-2-4-6-17/h2-11,13,22,29H,12,14-15H2,1H3,(H,27,31)/t22-/m0/s1. The number of nitrogens with zero attached hydrogens (tertiary/aromatic N) is 1. The van der Waals surface area contributed by atoms with E-state index < -0.39 is 17.4 Å². The third-order valence-electron chi connectivity index (χ3n) is 5.21. The number of carbonyl (C=O) groups is 1. The van der Waals surface area contributed by atoms with Gasteiger partial charge in [0, 0.05) is 24.8 Å². The number of carbonyl (C=O) groups excluding carboxylic acids is 1. The van der Waals surface area contributed by atoms with E-state index in [-0.39, 0.29) is 25.3 Å². The summed E-state index contributed by atoms with van der Waals surface area (Å²) in [6.45, 7) is 0.428. The molecule has 2 heterocycles. The van der Waals surface area contributed by atoms with Crippen molar-refractivity contribution in [2.45, 2.75) is 19.3 Å². The fourth-order valence-electron chi connectivity index (χ4n) is 3.47. The van der Waals surface area contributed by atoms with Crippen LogP contribution in [0.1, 0.15) is 33.3 Å². The predicted molar refractivity (Wildman–Crippen MR) is 125 cm³/mol. The molecular weight excluding hydrogens is 444 g/mol. The van der Waals surface area contributed by atoms with Crippen LogP contribution in [0.2, 0.25) is 5.02 Å². The van der Waals surface area contributed by atoms with Gasteiger partial charge in [-0.05, 0) is 29.3 Å². The van der Waals surface area contributed by atoms with Crippen molar-refractivity contribution < 1.29 is 19.1 Å². The maximum Gasteiger partial charge on any atom is 0.257 e. The molecule has 2 aromatic heterocycles. The van der Waals surface area contributed by atoms with Crippen molar-refractivity contribution in [2.75, 3.05) is 6.61 Å². The van der Waals surface area contributed by atoms with Crippen molar-refractivity contribution in [2.24, 2.45) is 7.05 Å². The molecule has 8 heteroatoms. The van der Waals surface area contributed by atoms with Crippen molar-refractivity contribution >= 4 is 28.6 Å². The smallest absolute Gasteiger partial charge is 0.257 e.